The number of hydrogen-bond donors (Lipinski definition) is 1. The Kier molecular flexibility index (Phi) is 6.50. The van der Waals surface area contributed by atoms with Crippen molar-refractivity contribution in [3.8, 4) is 11.3 Å². The monoisotopic (exact) mass is 465 g/mol. The van der Waals surface area contributed by atoms with Gasteiger partial charge in [-0.15, -0.1) is 11.3 Å². The number of hydrogen-bond acceptors (Lipinski definition) is 8. The Morgan fingerprint density at radius 1 is 1.03 bits per heavy atom. The number of nitro groups is 1. The normalized spacial score (nSPS) is 17.2. The number of aromatic nitrogens is 2. The van der Waals surface area contributed by atoms with Crippen molar-refractivity contribution in [2.75, 3.05) is 36.5 Å². The summed E-state index contributed by atoms with van der Waals surface area (Å²) in [4.78, 5) is 22.7. The molecule has 3 aromatic rings. The lowest BCUT2D eigenvalue weighted by Gasteiger charge is -2.28. The summed E-state index contributed by atoms with van der Waals surface area (Å²) in [6.45, 7) is 2.69. The highest BCUT2D eigenvalue weighted by atomic mass is 32.1. The minimum absolute atomic E-state index is 0.0484. The molecule has 2 aromatic heterocycles. The highest BCUT2D eigenvalue weighted by Crippen LogP contribution is 2.36. The predicted molar refractivity (Wildman–Crippen MR) is 131 cm³/mol. The van der Waals surface area contributed by atoms with Crippen molar-refractivity contribution in [3.63, 3.8) is 0 Å². The Hall–Kier alpha value is -3.04. The van der Waals surface area contributed by atoms with Gasteiger partial charge >= 0.3 is 5.69 Å². The second kappa shape index (κ2) is 9.84. The van der Waals surface area contributed by atoms with Gasteiger partial charge in [0, 0.05) is 41.7 Å². The number of thiazole rings is 1. The number of benzene rings is 1. The number of rotatable bonds is 6. The molecule has 0 atom stereocenters. The third-order valence-corrected chi connectivity index (χ3v) is 7.32. The first kappa shape index (κ1) is 21.8. The van der Waals surface area contributed by atoms with E-state index in [0.717, 1.165) is 30.0 Å². The average molecular weight is 466 g/mol. The molecule has 8 nitrogen and oxygen atoms in total. The highest BCUT2D eigenvalue weighted by Gasteiger charge is 2.21. The number of ether oxygens (including phenoxy) is 1. The SMILES string of the molecule is O=[N+]([O-])c1ccc(N2CCOCC2)nc1Nc1ccc(-c2csc(C3CCCCC3)n2)cc1. The van der Waals surface area contributed by atoms with Crippen LogP contribution in [0.1, 0.15) is 43.0 Å². The molecule has 172 valence electrons. The minimum atomic E-state index is -0.408. The van der Waals surface area contributed by atoms with Crippen LogP contribution in [0.5, 0.6) is 0 Å². The Morgan fingerprint density at radius 3 is 2.52 bits per heavy atom. The molecule has 0 amide bonds. The van der Waals surface area contributed by atoms with Crippen LogP contribution in [-0.4, -0.2) is 41.2 Å². The summed E-state index contributed by atoms with van der Waals surface area (Å²) < 4.78 is 5.39. The Morgan fingerprint density at radius 2 is 1.79 bits per heavy atom. The van der Waals surface area contributed by atoms with Gasteiger partial charge in [0.2, 0.25) is 5.82 Å². The molecule has 0 unspecified atom stereocenters. The lowest BCUT2D eigenvalue weighted by atomic mass is 9.90. The lowest BCUT2D eigenvalue weighted by molar-refractivity contribution is -0.384. The van der Waals surface area contributed by atoms with Gasteiger partial charge in [-0.3, -0.25) is 10.1 Å². The van der Waals surface area contributed by atoms with Gasteiger partial charge in [-0.1, -0.05) is 31.4 Å². The molecule has 1 aliphatic heterocycles. The number of pyridine rings is 1. The molecule has 0 radical (unpaired) electrons. The van der Waals surface area contributed by atoms with Crippen molar-refractivity contribution in [2.45, 2.75) is 38.0 Å². The number of anilines is 3. The van der Waals surface area contributed by atoms with Crippen molar-refractivity contribution in [1.29, 1.82) is 0 Å². The maximum Gasteiger partial charge on any atom is 0.311 e. The van der Waals surface area contributed by atoms with Gasteiger partial charge in [0.25, 0.3) is 0 Å². The fourth-order valence-corrected chi connectivity index (χ4v) is 5.47. The van der Waals surface area contributed by atoms with Gasteiger partial charge < -0.3 is 15.0 Å². The molecule has 2 aliphatic rings. The molecule has 0 bridgehead atoms. The second-order valence-electron chi connectivity index (χ2n) is 8.50. The molecule has 9 heteroatoms. The smallest absolute Gasteiger partial charge is 0.311 e. The Labute approximate surface area is 196 Å². The summed E-state index contributed by atoms with van der Waals surface area (Å²) in [6.07, 6.45) is 6.42. The van der Waals surface area contributed by atoms with Crippen molar-refractivity contribution in [2.24, 2.45) is 0 Å². The van der Waals surface area contributed by atoms with Crippen LogP contribution in [0.3, 0.4) is 0 Å². The summed E-state index contributed by atoms with van der Waals surface area (Å²) in [6, 6.07) is 11.0. The van der Waals surface area contributed by atoms with Crippen molar-refractivity contribution >= 4 is 34.3 Å². The predicted octanol–water partition coefficient (Wildman–Crippen LogP) is 5.74. The minimum Gasteiger partial charge on any atom is -0.378 e. The number of nitrogens with zero attached hydrogens (tertiary/aromatic N) is 4. The van der Waals surface area contributed by atoms with E-state index < -0.39 is 4.92 Å². The molecule has 3 heterocycles. The number of nitrogens with one attached hydrogen (secondary N) is 1. The highest BCUT2D eigenvalue weighted by molar-refractivity contribution is 7.10. The van der Waals surface area contributed by atoms with Gasteiger partial charge in [-0.2, -0.15) is 0 Å². The van der Waals surface area contributed by atoms with Gasteiger partial charge in [-0.05, 0) is 31.0 Å². The molecule has 0 spiro atoms. The van der Waals surface area contributed by atoms with E-state index in [1.807, 2.05) is 24.3 Å². The standard InChI is InChI=1S/C24H27N5O3S/c30-29(31)21-10-11-22(28-12-14-32-15-13-28)27-23(21)25-19-8-6-17(7-9-19)20-16-33-24(26-20)18-4-2-1-3-5-18/h6-11,16,18H,1-5,12-15H2,(H,25,27). The van der Waals surface area contributed by atoms with Crippen LogP contribution < -0.4 is 10.2 Å². The zero-order valence-electron chi connectivity index (χ0n) is 18.4. The molecule has 1 N–H and O–H groups in total. The molecule has 1 saturated heterocycles. The topological polar surface area (TPSA) is 93.4 Å². The first-order valence-electron chi connectivity index (χ1n) is 11.5. The van der Waals surface area contributed by atoms with E-state index in [0.29, 0.717) is 24.9 Å². The van der Waals surface area contributed by atoms with Crippen molar-refractivity contribution in [1.82, 2.24) is 9.97 Å². The fraction of sp³-hybridized carbons (Fsp3) is 0.417. The summed E-state index contributed by atoms with van der Waals surface area (Å²) in [5.74, 6) is 1.55. The van der Waals surface area contributed by atoms with Crippen LogP contribution in [0.4, 0.5) is 23.0 Å². The van der Waals surface area contributed by atoms with Gasteiger partial charge in [0.05, 0.1) is 28.8 Å². The molecule has 1 saturated carbocycles. The third-order valence-electron chi connectivity index (χ3n) is 6.31. The molecule has 1 aliphatic carbocycles. The van der Waals surface area contributed by atoms with Gasteiger partial charge in [-0.25, -0.2) is 9.97 Å². The largest absolute Gasteiger partial charge is 0.378 e. The fourth-order valence-electron chi connectivity index (χ4n) is 4.47. The lowest BCUT2D eigenvalue weighted by Crippen LogP contribution is -2.36. The molecular weight excluding hydrogens is 438 g/mol. The zero-order valence-corrected chi connectivity index (χ0v) is 19.2. The third kappa shape index (κ3) is 4.99. The molecule has 33 heavy (non-hydrogen) atoms. The van der Waals surface area contributed by atoms with Crippen LogP contribution in [-0.2, 0) is 4.74 Å². The van der Waals surface area contributed by atoms with Crippen molar-refractivity contribution < 1.29 is 9.66 Å². The summed E-state index contributed by atoms with van der Waals surface area (Å²) in [5, 5.41) is 18.1. The maximum absolute atomic E-state index is 11.6. The quantitative estimate of drug-likeness (QED) is 0.366. The van der Waals surface area contributed by atoms with Crippen molar-refractivity contribution in [3.05, 3.63) is 56.9 Å². The van der Waals surface area contributed by atoms with E-state index in [4.69, 9.17) is 9.72 Å². The van der Waals surface area contributed by atoms with E-state index >= 15 is 0 Å². The molecule has 1 aromatic carbocycles. The number of morpholine rings is 1. The van der Waals surface area contributed by atoms with Gasteiger partial charge in [0.1, 0.15) is 5.82 Å². The zero-order chi connectivity index (χ0) is 22.6. The maximum atomic E-state index is 11.6. The van der Waals surface area contributed by atoms with Crippen LogP contribution in [0.2, 0.25) is 0 Å². The second-order valence-corrected chi connectivity index (χ2v) is 9.39. The first-order valence-corrected chi connectivity index (χ1v) is 12.4. The van der Waals surface area contributed by atoms with E-state index in [1.165, 1.54) is 43.2 Å². The van der Waals surface area contributed by atoms with Crippen LogP contribution in [0.15, 0.2) is 41.8 Å². The van der Waals surface area contributed by atoms with Gasteiger partial charge in [0.15, 0.2) is 0 Å². The summed E-state index contributed by atoms with van der Waals surface area (Å²) in [7, 11) is 0. The molecule has 2 fully saturated rings. The van der Waals surface area contributed by atoms with E-state index in [-0.39, 0.29) is 11.5 Å². The van der Waals surface area contributed by atoms with Crippen LogP contribution >= 0.6 is 11.3 Å². The first-order chi connectivity index (χ1) is 16.2. The average Bonchev–Trinajstić information content (AvgIpc) is 3.36. The summed E-state index contributed by atoms with van der Waals surface area (Å²) >= 11 is 1.75. The Bertz CT molecular complexity index is 1110. The van der Waals surface area contributed by atoms with Crippen LogP contribution in [0, 0.1) is 10.1 Å². The Balaban J connectivity index is 1.33. The van der Waals surface area contributed by atoms with Crippen LogP contribution in [0.25, 0.3) is 11.3 Å². The van der Waals surface area contributed by atoms with E-state index in [9.17, 15) is 10.1 Å². The molecular formula is C24H27N5O3S. The summed E-state index contributed by atoms with van der Waals surface area (Å²) in [5.41, 5.74) is 2.73. The molecule has 5 rings (SSSR count). The van der Waals surface area contributed by atoms with E-state index in [2.05, 4.69) is 20.6 Å². The van der Waals surface area contributed by atoms with E-state index in [1.54, 1.807) is 17.4 Å².